The van der Waals surface area contributed by atoms with Crippen LogP contribution in [0.1, 0.15) is 12.5 Å². The van der Waals surface area contributed by atoms with Crippen LogP contribution in [0.25, 0.3) is 0 Å². The first-order valence-corrected chi connectivity index (χ1v) is 5.18. The van der Waals surface area contributed by atoms with Crippen LogP contribution in [0.2, 0.25) is 0 Å². The number of hydrogen-bond acceptors (Lipinski definition) is 6. The van der Waals surface area contributed by atoms with E-state index in [1.165, 1.54) is 6.33 Å². The van der Waals surface area contributed by atoms with E-state index in [0.717, 1.165) is 0 Å². The molecular weight excluding hydrogens is 222 g/mol. The molecule has 2 rings (SSSR count). The third-order valence-electron chi connectivity index (χ3n) is 2.79. The fourth-order valence-corrected chi connectivity index (χ4v) is 1.72. The van der Waals surface area contributed by atoms with Gasteiger partial charge in [0.2, 0.25) is 11.8 Å². The van der Waals surface area contributed by atoms with Crippen LogP contribution in [0.4, 0.5) is 11.6 Å². The molecule has 2 heterocycles. The van der Waals surface area contributed by atoms with Gasteiger partial charge in [0, 0.05) is 5.56 Å². The van der Waals surface area contributed by atoms with E-state index in [1.807, 2.05) is 0 Å². The van der Waals surface area contributed by atoms with Crippen LogP contribution in [0.5, 0.6) is 0 Å². The molecular formula is C10H13N5O2. The van der Waals surface area contributed by atoms with Gasteiger partial charge >= 0.3 is 0 Å². The van der Waals surface area contributed by atoms with Crippen molar-refractivity contribution in [3.05, 3.63) is 11.9 Å². The topological polar surface area (TPSA) is 101 Å². The van der Waals surface area contributed by atoms with Gasteiger partial charge in [-0.05, 0) is 13.8 Å². The molecule has 0 radical (unpaired) electrons. The molecule has 1 aliphatic rings. The fourth-order valence-electron chi connectivity index (χ4n) is 1.72. The number of carbonyl (C=O) groups excluding carboxylic acids is 2. The molecule has 7 nitrogen and oxygen atoms in total. The Morgan fingerprint density at radius 1 is 1.47 bits per heavy atom. The van der Waals surface area contributed by atoms with Crippen LogP contribution in [0, 0.1) is 6.92 Å². The quantitative estimate of drug-likeness (QED) is 0.619. The predicted molar refractivity (Wildman–Crippen MR) is 61.1 cm³/mol. The van der Waals surface area contributed by atoms with Crippen LogP contribution < -0.4 is 16.0 Å². The maximum Gasteiger partial charge on any atom is 0.249 e. The van der Waals surface area contributed by atoms with Crippen molar-refractivity contribution >= 4 is 23.5 Å². The first kappa shape index (κ1) is 11.3. The molecule has 1 aromatic rings. The Hall–Kier alpha value is -2.18. The Bertz CT molecular complexity index is 488. The summed E-state index contributed by atoms with van der Waals surface area (Å²) in [5, 5.41) is 2.27. The summed E-state index contributed by atoms with van der Waals surface area (Å²) in [6.45, 7) is 3.55. The molecule has 2 amide bonds. The van der Waals surface area contributed by atoms with Gasteiger partial charge in [-0.3, -0.25) is 14.9 Å². The molecule has 1 aliphatic heterocycles. The van der Waals surface area contributed by atoms with E-state index in [9.17, 15) is 9.59 Å². The lowest BCUT2D eigenvalue weighted by Crippen LogP contribution is -2.57. The smallest absolute Gasteiger partial charge is 0.249 e. The van der Waals surface area contributed by atoms with Crippen molar-refractivity contribution in [3.8, 4) is 0 Å². The highest BCUT2D eigenvalue weighted by molar-refractivity contribution is 6.04. The SMILES string of the molecule is Cc1c(N)ncnc1N1CC(=O)NC(=O)C1C. The van der Waals surface area contributed by atoms with Crippen molar-refractivity contribution in [2.24, 2.45) is 0 Å². The van der Waals surface area contributed by atoms with E-state index < -0.39 is 6.04 Å². The maximum absolute atomic E-state index is 11.5. The molecule has 1 atom stereocenters. The summed E-state index contributed by atoms with van der Waals surface area (Å²) in [5.74, 6) is 0.191. The number of piperazine rings is 1. The van der Waals surface area contributed by atoms with Gasteiger partial charge in [-0.1, -0.05) is 0 Å². The fraction of sp³-hybridized carbons (Fsp3) is 0.400. The Labute approximate surface area is 98.0 Å². The number of rotatable bonds is 1. The van der Waals surface area contributed by atoms with Crippen molar-refractivity contribution in [1.82, 2.24) is 15.3 Å². The standard InChI is InChI=1S/C10H13N5O2/c1-5-8(11)12-4-13-9(5)15-3-7(16)14-10(17)6(15)2/h4,6H,3H2,1-2H3,(H2,11,12,13)(H,14,16,17). The molecule has 0 spiro atoms. The lowest BCUT2D eigenvalue weighted by Gasteiger charge is -2.33. The van der Waals surface area contributed by atoms with Crippen molar-refractivity contribution in [3.63, 3.8) is 0 Å². The molecule has 1 unspecified atom stereocenters. The number of anilines is 2. The van der Waals surface area contributed by atoms with Crippen molar-refractivity contribution in [1.29, 1.82) is 0 Å². The number of nitrogens with two attached hydrogens (primary N) is 1. The summed E-state index contributed by atoms with van der Waals surface area (Å²) in [4.78, 5) is 32.4. The lowest BCUT2D eigenvalue weighted by molar-refractivity contribution is -0.132. The van der Waals surface area contributed by atoms with Crippen LogP contribution in [-0.2, 0) is 9.59 Å². The molecule has 1 aromatic heterocycles. The summed E-state index contributed by atoms with van der Waals surface area (Å²) in [7, 11) is 0. The van der Waals surface area contributed by atoms with E-state index >= 15 is 0 Å². The third kappa shape index (κ3) is 1.91. The van der Waals surface area contributed by atoms with Crippen LogP contribution in [0.3, 0.4) is 0 Å². The molecule has 3 N–H and O–H groups in total. The van der Waals surface area contributed by atoms with Gasteiger partial charge in [0.05, 0.1) is 6.54 Å². The van der Waals surface area contributed by atoms with Gasteiger partial charge in [0.25, 0.3) is 0 Å². The van der Waals surface area contributed by atoms with E-state index in [4.69, 9.17) is 5.73 Å². The van der Waals surface area contributed by atoms with Crippen molar-refractivity contribution in [2.45, 2.75) is 19.9 Å². The summed E-state index contributed by atoms with van der Waals surface area (Å²) in [6, 6.07) is -0.458. The normalized spacial score (nSPS) is 20.4. The summed E-state index contributed by atoms with van der Waals surface area (Å²) < 4.78 is 0. The number of nitrogens with one attached hydrogen (secondary N) is 1. The number of aromatic nitrogens is 2. The average Bonchev–Trinajstić information content (AvgIpc) is 2.27. The molecule has 7 heteroatoms. The van der Waals surface area contributed by atoms with E-state index in [0.29, 0.717) is 17.2 Å². The Kier molecular flexibility index (Phi) is 2.66. The van der Waals surface area contributed by atoms with Crippen molar-refractivity contribution < 1.29 is 9.59 Å². The number of carbonyl (C=O) groups is 2. The average molecular weight is 235 g/mol. The van der Waals surface area contributed by atoms with E-state index in [2.05, 4.69) is 15.3 Å². The first-order valence-electron chi connectivity index (χ1n) is 5.18. The lowest BCUT2D eigenvalue weighted by atomic mass is 10.1. The maximum atomic E-state index is 11.5. The first-order chi connectivity index (χ1) is 8.00. The Morgan fingerprint density at radius 3 is 2.88 bits per heavy atom. The van der Waals surface area contributed by atoms with Gasteiger partial charge in [-0.25, -0.2) is 9.97 Å². The second kappa shape index (κ2) is 4.00. The molecule has 1 saturated heterocycles. The van der Waals surface area contributed by atoms with Crippen LogP contribution in [-0.4, -0.2) is 34.4 Å². The number of nitrogens with zero attached hydrogens (tertiary/aromatic N) is 3. The van der Waals surface area contributed by atoms with Gasteiger partial charge < -0.3 is 10.6 Å². The zero-order valence-electron chi connectivity index (χ0n) is 9.60. The summed E-state index contributed by atoms with van der Waals surface area (Å²) >= 11 is 0. The largest absolute Gasteiger partial charge is 0.383 e. The monoisotopic (exact) mass is 235 g/mol. The van der Waals surface area contributed by atoms with Crippen LogP contribution in [0.15, 0.2) is 6.33 Å². The van der Waals surface area contributed by atoms with E-state index in [-0.39, 0.29) is 18.4 Å². The highest BCUT2D eigenvalue weighted by atomic mass is 16.2. The number of amides is 2. The zero-order valence-corrected chi connectivity index (χ0v) is 9.60. The number of imide groups is 1. The second-order valence-electron chi connectivity index (χ2n) is 3.92. The molecule has 1 fully saturated rings. The summed E-state index contributed by atoms with van der Waals surface area (Å²) in [6.07, 6.45) is 1.32. The van der Waals surface area contributed by atoms with Crippen molar-refractivity contribution in [2.75, 3.05) is 17.2 Å². The second-order valence-corrected chi connectivity index (χ2v) is 3.92. The van der Waals surface area contributed by atoms with Gasteiger partial charge in [0.1, 0.15) is 24.0 Å². The molecule has 90 valence electrons. The van der Waals surface area contributed by atoms with Crippen LogP contribution >= 0.6 is 0 Å². The van der Waals surface area contributed by atoms with Gasteiger partial charge in [0.15, 0.2) is 0 Å². The number of nitrogen functional groups attached to an aromatic ring is 1. The molecule has 0 saturated carbocycles. The van der Waals surface area contributed by atoms with Gasteiger partial charge in [-0.2, -0.15) is 0 Å². The minimum Gasteiger partial charge on any atom is -0.383 e. The minimum atomic E-state index is -0.458. The molecule has 0 aliphatic carbocycles. The Morgan fingerprint density at radius 2 is 2.18 bits per heavy atom. The molecule has 0 bridgehead atoms. The minimum absolute atomic E-state index is 0.0875. The number of hydrogen-bond donors (Lipinski definition) is 2. The highest BCUT2D eigenvalue weighted by Crippen LogP contribution is 2.23. The third-order valence-corrected chi connectivity index (χ3v) is 2.79. The molecule has 0 aromatic carbocycles. The summed E-state index contributed by atoms with van der Waals surface area (Å²) in [5.41, 5.74) is 6.35. The van der Waals surface area contributed by atoms with E-state index in [1.54, 1.807) is 18.7 Å². The Balaban J connectivity index is 2.41. The zero-order chi connectivity index (χ0) is 12.6. The van der Waals surface area contributed by atoms with Gasteiger partial charge in [-0.15, -0.1) is 0 Å². The predicted octanol–water partition coefficient (Wildman–Crippen LogP) is -0.781. The highest BCUT2D eigenvalue weighted by Gasteiger charge is 2.32. The molecule has 17 heavy (non-hydrogen) atoms.